The Morgan fingerprint density at radius 2 is 2.18 bits per heavy atom. The van der Waals surface area contributed by atoms with E-state index in [1.165, 1.54) is 0 Å². The predicted octanol–water partition coefficient (Wildman–Crippen LogP) is 1.86. The van der Waals surface area contributed by atoms with E-state index in [4.69, 9.17) is 15.2 Å². The Bertz CT molecular complexity index is 609. The van der Waals surface area contributed by atoms with Gasteiger partial charge < -0.3 is 15.2 Å². The molecule has 2 aromatic rings. The molecule has 1 aliphatic rings. The molecule has 0 bridgehead atoms. The van der Waals surface area contributed by atoms with E-state index in [0.717, 1.165) is 47.8 Å². The van der Waals surface area contributed by atoms with E-state index < -0.39 is 0 Å². The summed E-state index contributed by atoms with van der Waals surface area (Å²) < 4.78 is 12.6. The number of nitrogens with two attached hydrogens (primary N) is 1. The van der Waals surface area contributed by atoms with E-state index in [0.29, 0.717) is 12.5 Å². The predicted molar refractivity (Wildman–Crippen MR) is 85.5 cm³/mol. The highest BCUT2D eigenvalue weighted by molar-refractivity contribution is 7.99. The number of benzene rings is 1. The Kier molecular flexibility index (Phi) is 4.97. The van der Waals surface area contributed by atoms with Crippen molar-refractivity contribution in [3.8, 4) is 11.4 Å². The van der Waals surface area contributed by atoms with Crippen molar-refractivity contribution in [2.75, 3.05) is 26.1 Å². The van der Waals surface area contributed by atoms with Crippen LogP contribution in [0.5, 0.6) is 5.75 Å². The molecule has 2 N–H and O–H groups in total. The molecule has 3 rings (SSSR count). The van der Waals surface area contributed by atoms with Crippen molar-refractivity contribution in [3.63, 3.8) is 0 Å². The molecule has 7 heteroatoms. The Labute approximate surface area is 134 Å². The van der Waals surface area contributed by atoms with Gasteiger partial charge >= 0.3 is 0 Å². The van der Waals surface area contributed by atoms with Gasteiger partial charge in [-0.25, -0.2) is 0 Å². The summed E-state index contributed by atoms with van der Waals surface area (Å²) >= 11 is 1.71. The fourth-order valence-corrected chi connectivity index (χ4v) is 3.51. The second-order valence-corrected chi connectivity index (χ2v) is 6.16. The third kappa shape index (κ3) is 3.26. The van der Waals surface area contributed by atoms with Crippen LogP contribution in [0.15, 0.2) is 29.4 Å². The maximum Gasteiger partial charge on any atom is 0.195 e. The first-order valence-electron chi connectivity index (χ1n) is 7.31. The Morgan fingerprint density at radius 1 is 1.36 bits per heavy atom. The van der Waals surface area contributed by atoms with E-state index in [2.05, 4.69) is 10.2 Å². The lowest BCUT2D eigenvalue weighted by molar-refractivity contribution is 0.189. The molecule has 0 spiro atoms. The van der Waals surface area contributed by atoms with Crippen LogP contribution < -0.4 is 10.5 Å². The van der Waals surface area contributed by atoms with Gasteiger partial charge in [0.1, 0.15) is 5.75 Å². The van der Waals surface area contributed by atoms with Gasteiger partial charge in [-0.2, -0.15) is 0 Å². The molecule has 1 saturated heterocycles. The van der Waals surface area contributed by atoms with Gasteiger partial charge in [0.05, 0.1) is 20.3 Å². The summed E-state index contributed by atoms with van der Waals surface area (Å²) in [6.45, 7) is 2.06. The first-order valence-corrected chi connectivity index (χ1v) is 8.29. The molecular weight excluding hydrogens is 300 g/mol. The summed E-state index contributed by atoms with van der Waals surface area (Å²) in [5.41, 5.74) is 6.80. The number of nitrogens with zero attached hydrogens (tertiary/aromatic N) is 3. The zero-order chi connectivity index (χ0) is 15.4. The molecule has 1 fully saturated rings. The monoisotopic (exact) mass is 320 g/mol. The van der Waals surface area contributed by atoms with E-state index >= 15 is 0 Å². The minimum absolute atomic E-state index is 0.353. The number of thioether (sulfide) groups is 1. The molecule has 22 heavy (non-hydrogen) atoms. The molecule has 0 saturated carbocycles. The van der Waals surface area contributed by atoms with Crippen LogP contribution in [-0.4, -0.2) is 40.8 Å². The fourth-order valence-electron chi connectivity index (χ4n) is 2.42. The molecule has 1 unspecified atom stereocenters. The van der Waals surface area contributed by atoms with Crippen molar-refractivity contribution in [3.05, 3.63) is 30.1 Å². The molecule has 1 aromatic carbocycles. The highest BCUT2D eigenvalue weighted by Crippen LogP contribution is 2.27. The molecule has 1 aromatic heterocycles. The largest absolute Gasteiger partial charge is 0.497 e. The number of ether oxygens (including phenoxy) is 2. The zero-order valence-corrected chi connectivity index (χ0v) is 13.4. The third-order valence-electron chi connectivity index (χ3n) is 3.69. The van der Waals surface area contributed by atoms with Crippen molar-refractivity contribution in [1.82, 2.24) is 14.8 Å². The van der Waals surface area contributed by atoms with Crippen LogP contribution in [0.1, 0.15) is 12.2 Å². The maximum absolute atomic E-state index is 5.80. The zero-order valence-electron chi connectivity index (χ0n) is 12.6. The summed E-state index contributed by atoms with van der Waals surface area (Å²) in [6, 6.07) is 7.83. The highest BCUT2D eigenvalue weighted by Gasteiger charge is 2.19. The Balaban J connectivity index is 1.82. The van der Waals surface area contributed by atoms with Gasteiger partial charge in [-0.1, -0.05) is 11.8 Å². The lowest BCUT2D eigenvalue weighted by atomic mass is 10.2. The van der Waals surface area contributed by atoms with Gasteiger partial charge in [0.15, 0.2) is 11.0 Å². The highest BCUT2D eigenvalue weighted by atomic mass is 32.2. The van der Waals surface area contributed by atoms with Crippen molar-refractivity contribution in [1.29, 1.82) is 0 Å². The van der Waals surface area contributed by atoms with E-state index in [1.807, 2.05) is 28.8 Å². The van der Waals surface area contributed by atoms with Crippen LogP contribution >= 0.6 is 11.8 Å². The number of aromatic nitrogens is 3. The van der Waals surface area contributed by atoms with Crippen LogP contribution in [-0.2, 0) is 11.3 Å². The molecule has 6 nitrogen and oxygen atoms in total. The average Bonchev–Trinajstić information content (AvgIpc) is 3.22. The van der Waals surface area contributed by atoms with Crippen LogP contribution in [0.4, 0.5) is 0 Å². The molecular formula is C15H20N4O2S. The fraction of sp³-hybridized carbons (Fsp3) is 0.467. The number of methoxy groups -OCH3 is 1. The molecule has 1 aliphatic heterocycles. The molecule has 118 valence electrons. The van der Waals surface area contributed by atoms with E-state index in [1.54, 1.807) is 18.9 Å². The Morgan fingerprint density at radius 3 is 2.82 bits per heavy atom. The van der Waals surface area contributed by atoms with Crippen molar-refractivity contribution in [2.24, 2.45) is 11.7 Å². The number of hydrogen-bond acceptors (Lipinski definition) is 6. The van der Waals surface area contributed by atoms with Gasteiger partial charge in [-0.3, -0.25) is 4.57 Å². The number of hydrogen-bond donors (Lipinski definition) is 1. The van der Waals surface area contributed by atoms with Gasteiger partial charge in [0.2, 0.25) is 0 Å². The summed E-state index contributed by atoms with van der Waals surface area (Å²) in [5, 5.41) is 9.37. The lowest BCUT2D eigenvalue weighted by Gasteiger charge is -2.11. The van der Waals surface area contributed by atoms with E-state index in [9.17, 15) is 0 Å². The summed E-state index contributed by atoms with van der Waals surface area (Å²) in [7, 11) is 1.66. The first kappa shape index (κ1) is 15.3. The second-order valence-electron chi connectivity index (χ2n) is 5.18. The minimum Gasteiger partial charge on any atom is -0.497 e. The van der Waals surface area contributed by atoms with Crippen molar-refractivity contribution < 1.29 is 9.47 Å². The minimum atomic E-state index is 0.353. The lowest BCUT2D eigenvalue weighted by Crippen LogP contribution is -2.09. The summed E-state index contributed by atoms with van der Waals surface area (Å²) in [5.74, 6) is 3.16. The standard InChI is InChI=1S/C15H20N4O2S/c1-20-13-4-2-12(3-5-13)19-14(8-16)17-18-15(19)22-10-11-6-7-21-9-11/h2-5,11H,6-10,16H2,1H3. The normalized spacial score (nSPS) is 17.8. The third-order valence-corrected chi connectivity index (χ3v) is 4.85. The van der Waals surface area contributed by atoms with Crippen LogP contribution in [0.3, 0.4) is 0 Å². The van der Waals surface area contributed by atoms with Gasteiger partial charge in [-0.15, -0.1) is 10.2 Å². The first-order chi connectivity index (χ1) is 10.8. The number of rotatable bonds is 6. The van der Waals surface area contributed by atoms with Gasteiger partial charge in [0.25, 0.3) is 0 Å². The SMILES string of the molecule is COc1ccc(-n2c(CN)nnc2SCC2CCOC2)cc1. The van der Waals surface area contributed by atoms with E-state index in [-0.39, 0.29) is 0 Å². The summed E-state index contributed by atoms with van der Waals surface area (Å²) in [4.78, 5) is 0. The second kappa shape index (κ2) is 7.13. The maximum atomic E-state index is 5.80. The topological polar surface area (TPSA) is 75.2 Å². The van der Waals surface area contributed by atoms with Crippen molar-refractivity contribution >= 4 is 11.8 Å². The van der Waals surface area contributed by atoms with Crippen molar-refractivity contribution in [2.45, 2.75) is 18.1 Å². The van der Waals surface area contributed by atoms with Gasteiger partial charge in [0, 0.05) is 18.0 Å². The Hall–Kier alpha value is -1.57. The van der Waals surface area contributed by atoms with Crippen LogP contribution in [0.2, 0.25) is 0 Å². The molecule has 2 heterocycles. The van der Waals surface area contributed by atoms with Crippen LogP contribution in [0.25, 0.3) is 5.69 Å². The molecule has 0 amide bonds. The molecule has 0 aliphatic carbocycles. The average molecular weight is 320 g/mol. The van der Waals surface area contributed by atoms with Crippen LogP contribution in [0, 0.1) is 5.92 Å². The smallest absolute Gasteiger partial charge is 0.195 e. The summed E-state index contributed by atoms with van der Waals surface area (Å²) in [6.07, 6.45) is 1.12. The quantitative estimate of drug-likeness (QED) is 0.819. The molecule has 1 atom stereocenters. The van der Waals surface area contributed by atoms with Gasteiger partial charge in [-0.05, 0) is 36.6 Å². The molecule has 0 radical (unpaired) electrons.